The first-order valence-electron chi connectivity index (χ1n) is 6.90. The first kappa shape index (κ1) is 22.3. The van der Waals surface area contributed by atoms with Gasteiger partial charge >= 0.3 is 24.3 Å². The van der Waals surface area contributed by atoms with Crippen LogP contribution in [0.1, 0.15) is 5.56 Å². The molecule has 0 amide bonds. The number of aliphatic hydroxyl groups is 1. The number of benzene rings is 1. The number of ether oxygens (including phenoxy) is 2. The van der Waals surface area contributed by atoms with E-state index in [0.717, 1.165) is 32.4 Å². The Balaban J connectivity index is 3.59. The molecule has 0 aliphatic heterocycles. The topological polar surface area (TPSA) is 84.9 Å². The van der Waals surface area contributed by atoms with E-state index < -0.39 is 46.8 Å². The third-order valence-corrected chi connectivity index (χ3v) is 3.28. The van der Waals surface area contributed by atoms with E-state index in [1.165, 1.54) is 0 Å². The molecule has 0 aromatic heterocycles. The van der Waals surface area contributed by atoms with E-state index in [-0.39, 0.29) is 0 Å². The quantitative estimate of drug-likeness (QED) is 0.448. The Bertz CT molecular complexity index is 727. The summed E-state index contributed by atoms with van der Waals surface area (Å²) in [4.78, 5) is 22.9. The van der Waals surface area contributed by atoms with Crippen LogP contribution in [-0.2, 0) is 24.7 Å². The van der Waals surface area contributed by atoms with E-state index in [4.69, 9.17) is 0 Å². The predicted molar refractivity (Wildman–Crippen MR) is 78.2 cm³/mol. The maximum Gasteiger partial charge on any atom is 0.430 e. The number of methoxy groups -OCH3 is 2. The van der Waals surface area contributed by atoms with Gasteiger partial charge in [0.05, 0.1) is 20.3 Å². The second kappa shape index (κ2) is 7.86. The van der Waals surface area contributed by atoms with Crippen molar-refractivity contribution in [3.63, 3.8) is 0 Å². The zero-order chi connectivity index (χ0) is 21.0. The largest absolute Gasteiger partial charge is 0.466 e. The molecule has 27 heavy (non-hydrogen) atoms. The molecule has 2 N–H and O–H groups in total. The molecule has 150 valence electrons. The van der Waals surface area contributed by atoms with Gasteiger partial charge in [-0.2, -0.15) is 26.3 Å². The summed E-state index contributed by atoms with van der Waals surface area (Å²) in [7, 11) is 1.79. The Morgan fingerprint density at radius 3 is 1.96 bits per heavy atom. The smallest absolute Gasteiger partial charge is 0.430 e. The Labute approximate surface area is 148 Å². The molecule has 0 fully saturated rings. The molecule has 6 nitrogen and oxygen atoms in total. The Hall–Kier alpha value is -2.76. The lowest BCUT2D eigenvalue weighted by Gasteiger charge is -2.34. The van der Waals surface area contributed by atoms with Crippen LogP contribution in [0.15, 0.2) is 36.0 Å². The lowest BCUT2D eigenvalue weighted by atomic mass is 9.90. The SMILES string of the molecule is COC(=O)/C=C(/Nc1ccccc1C(O)(C(F)(F)F)C(F)(F)F)C(=O)OC. The molecule has 12 heteroatoms. The number of alkyl halides is 6. The minimum absolute atomic E-state index is 0.371. The molecule has 0 saturated carbocycles. The number of hydrogen-bond acceptors (Lipinski definition) is 6. The van der Waals surface area contributed by atoms with Gasteiger partial charge in [-0.15, -0.1) is 0 Å². The summed E-state index contributed by atoms with van der Waals surface area (Å²) >= 11 is 0. The molecule has 0 saturated heterocycles. The van der Waals surface area contributed by atoms with Gasteiger partial charge in [0.15, 0.2) is 0 Å². The summed E-state index contributed by atoms with van der Waals surface area (Å²) in [5.74, 6) is -2.42. The summed E-state index contributed by atoms with van der Waals surface area (Å²) in [6, 6.07) is 2.99. The van der Waals surface area contributed by atoms with E-state index in [1.54, 1.807) is 0 Å². The Morgan fingerprint density at radius 1 is 1.00 bits per heavy atom. The van der Waals surface area contributed by atoms with Gasteiger partial charge in [0, 0.05) is 11.3 Å². The Kier molecular flexibility index (Phi) is 6.49. The van der Waals surface area contributed by atoms with Crippen molar-refractivity contribution in [2.24, 2.45) is 0 Å². The molecule has 0 heterocycles. The standard InChI is InChI=1S/C15H13F6NO5/c1-26-11(23)7-10(12(24)27-2)22-9-6-4-3-5-8(9)13(25,14(16,17)18)15(19,20)21/h3-7,22,25H,1-2H3/b10-7+. The van der Waals surface area contributed by atoms with Crippen LogP contribution in [0.3, 0.4) is 0 Å². The van der Waals surface area contributed by atoms with Crippen LogP contribution in [0.2, 0.25) is 0 Å². The summed E-state index contributed by atoms with van der Waals surface area (Å²) in [6.07, 6.45) is -11.8. The van der Waals surface area contributed by atoms with E-state index >= 15 is 0 Å². The van der Waals surface area contributed by atoms with E-state index in [0.29, 0.717) is 12.1 Å². The van der Waals surface area contributed by atoms with E-state index in [9.17, 15) is 41.0 Å². The highest BCUT2D eigenvalue weighted by Crippen LogP contribution is 2.51. The number of halogens is 6. The van der Waals surface area contributed by atoms with Crippen LogP contribution in [0.5, 0.6) is 0 Å². The van der Waals surface area contributed by atoms with Crippen molar-refractivity contribution in [3.8, 4) is 0 Å². The van der Waals surface area contributed by atoms with Crippen molar-refractivity contribution in [1.82, 2.24) is 0 Å². The van der Waals surface area contributed by atoms with Gasteiger partial charge in [-0.05, 0) is 6.07 Å². The van der Waals surface area contributed by atoms with Gasteiger partial charge in [-0.25, -0.2) is 9.59 Å². The van der Waals surface area contributed by atoms with Crippen molar-refractivity contribution >= 4 is 17.6 Å². The number of anilines is 1. The van der Waals surface area contributed by atoms with Crippen molar-refractivity contribution in [2.75, 3.05) is 19.5 Å². The highest BCUT2D eigenvalue weighted by Gasteiger charge is 2.72. The average molecular weight is 401 g/mol. The van der Waals surface area contributed by atoms with Crippen molar-refractivity contribution in [3.05, 3.63) is 41.6 Å². The van der Waals surface area contributed by atoms with Crippen LogP contribution in [0.25, 0.3) is 0 Å². The summed E-state index contributed by atoms with van der Waals surface area (Å²) < 4.78 is 87.2. The van der Waals surface area contributed by atoms with Crippen LogP contribution in [0, 0.1) is 0 Å². The minimum Gasteiger partial charge on any atom is -0.466 e. The maximum absolute atomic E-state index is 13.1. The highest BCUT2D eigenvalue weighted by molar-refractivity contribution is 5.98. The van der Waals surface area contributed by atoms with Gasteiger partial charge in [0.25, 0.3) is 5.60 Å². The number of para-hydroxylation sites is 1. The Morgan fingerprint density at radius 2 is 1.52 bits per heavy atom. The second-order valence-corrected chi connectivity index (χ2v) is 4.95. The molecule has 0 unspecified atom stereocenters. The fraction of sp³-hybridized carbons (Fsp3) is 0.333. The number of carbonyl (C=O) groups excluding carboxylic acids is 2. The van der Waals surface area contributed by atoms with E-state index in [1.807, 2.05) is 5.32 Å². The molecule has 1 aromatic rings. The zero-order valence-electron chi connectivity index (χ0n) is 13.7. The average Bonchev–Trinajstić information content (AvgIpc) is 2.58. The number of hydrogen-bond donors (Lipinski definition) is 2. The van der Waals surface area contributed by atoms with Gasteiger partial charge in [-0.3, -0.25) is 0 Å². The van der Waals surface area contributed by atoms with Gasteiger partial charge < -0.3 is 19.9 Å². The molecule has 0 aliphatic carbocycles. The molecule has 0 atom stereocenters. The van der Waals surface area contributed by atoms with Crippen LogP contribution < -0.4 is 5.32 Å². The van der Waals surface area contributed by atoms with Crippen molar-refractivity contribution in [1.29, 1.82) is 0 Å². The van der Waals surface area contributed by atoms with Crippen molar-refractivity contribution < 1.29 is 50.5 Å². The van der Waals surface area contributed by atoms with Gasteiger partial charge in [-0.1, -0.05) is 18.2 Å². The predicted octanol–water partition coefficient (Wildman–Crippen LogP) is 2.64. The molecule has 1 aromatic carbocycles. The minimum atomic E-state index is -6.14. The number of rotatable bonds is 5. The first-order valence-corrected chi connectivity index (χ1v) is 6.90. The summed E-state index contributed by atoms with van der Waals surface area (Å²) in [5, 5.41) is 11.5. The van der Waals surface area contributed by atoms with Crippen molar-refractivity contribution in [2.45, 2.75) is 18.0 Å². The fourth-order valence-corrected chi connectivity index (χ4v) is 1.95. The third-order valence-electron chi connectivity index (χ3n) is 3.28. The summed E-state index contributed by atoms with van der Waals surface area (Å²) in [6.45, 7) is 0. The lowest BCUT2D eigenvalue weighted by Crippen LogP contribution is -2.54. The number of carbonyl (C=O) groups is 2. The molecular weight excluding hydrogens is 388 g/mol. The molecule has 0 radical (unpaired) electrons. The normalized spacial score (nSPS) is 13.1. The monoisotopic (exact) mass is 401 g/mol. The van der Waals surface area contributed by atoms with Gasteiger partial charge in [0.1, 0.15) is 5.70 Å². The first-order chi connectivity index (χ1) is 12.3. The summed E-state index contributed by atoms with van der Waals surface area (Å²) in [5.41, 5.74) is -8.63. The highest BCUT2D eigenvalue weighted by atomic mass is 19.4. The van der Waals surface area contributed by atoms with E-state index in [2.05, 4.69) is 9.47 Å². The molecule has 1 rings (SSSR count). The molecule has 0 aliphatic rings. The lowest BCUT2D eigenvalue weighted by molar-refractivity contribution is -0.376. The molecule has 0 bridgehead atoms. The van der Waals surface area contributed by atoms with Gasteiger partial charge in [0.2, 0.25) is 0 Å². The van der Waals surface area contributed by atoms with Crippen LogP contribution in [0.4, 0.5) is 32.0 Å². The maximum atomic E-state index is 13.1. The number of nitrogens with one attached hydrogen (secondary N) is 1. The number of esters is 2. The van der Waals surface area contributed by atoms with Crippen LogP contribution in [-0.4, -0.2) is 43.6 Å². The fourth-order valence-electron chi connectivity index (χ4n) is 1.95. The molecule has 0 spiro atoms. The molecular formula is C15H13F6NO5. The zero-order valence-corrected chi connectivity index (χ0v) is 13.7. The second-order valence-electron chi connectivity index (χ2n) is 4.95. The van der Waals surface area contributed by atoms with Crippen LogP contribution >= 0.6 is 0 Å². The third kappa shape index (κ3) is 4.51.